The van der Waals surface area contributed by atoms with Gasteiger partial charge in [-0.05, 0) is 18.1 Å². The molecule has 0 aliphatic carbocycles. The lowest BCUT2D eigenvalue weighted by molar-refractivity contribution is -0.0588. The Morgan fingerprint density at radius 1 is 1.23 bits per heavy atom. The summed E-state index contributed by atoms with van der Waals surface area (Å²) in [5.41, 5.74) is 2.71. The molecule has 1 aliphatic heterocycles. The molecular formula is C22H25BNO2. The van der Waals surface area contributed by atoms with Gasteiger partial charge >= 0.3 is 6.09 Å². The fourth-order valence-corrected chi connectivity index (χ4v) is 3.61. The number of rotatable bonds is 6. The van der Waals surface area contributed by atoms with Gasteiger partial charge in [-0.25, -0.2) is 4.79 Å². The van der Waals surface area contributed by atoms with Crippen molar-refractivity contribution in [3.63, 3.8) is 0 Å². The minimum absolute atomic E-state index is 0.0223. The van der Waals surface area contributed by atoms with E-state index >= 15 is 0 Å². The Balaban J connectivity index is 1.80. The van der Waals surface area contributed by atoms with E-state index < -0.39 is 5.60 Å². The molecule has 2 aromatic rings. The van der Waals surface area contributed by atoms with E-state index in [1.165, 1.54) is 5.46 Å². The van der Waals surface area contributed by atoms with E-state index in [4.69, 9.17) is 4.74 Å². The Labute approximate surface area is 156 Å². The zero-order valence-corrected chi connectivity index (χ0v) is 15.5. The summed E-state index contributed by atoms with van der Waals surface area (Å²) in [7, 11) is 2.06. The maximum atomic E-state index is 12.9. The zero-order valence-electron chi connectivity index (χ0n) is 15.5. The molecule has 1 fully saturated rings. The number of hydrogen-bond acceptors (Lipinski definition) is 2. The highest BCUT2D eigenvalue weighted by molar-refractivity contribution is 6.51. The molecule has 0 saturated carbocycles. The minimum atomic E-state index is -0.614. The second-order valence-corrected chi connectivity index (χ2v) is 6.80. The van der Waals surface area contributed by atoms with Crippen LogP contribution in [0.15, 0.2) is 67.3 Å². The van der Waals surface area contributed by atoms with Gasteiger partial charge in [0.15, 0.2) is 0 Å². The maximum absolute atomic E-state index is 12.9. The molecule has 1 amide bonds. The summed E-state index contributed by atoms with van der Waals surface area (Å²) in [5.74, 6) is 0. The molecule has 0 unspecified atom stereocenters. The van der Waals surface area contributed by atoms with Crippen LogP contribution in [0, 0.1) is 0 Å². The van der Waals surface area contributed by atoms with Crippen molar-refractivity contribution in [1.29, 1.82) is 0 Å². The normalized spacial score (nSPS) is 21.0. The lowest BCUT2D eigenvalue weighted by Crippen LogP contribution is -2.48. The van der Waals surface area contributed by atoms with Crippen molar-refractivity contribution in [1.82, 2.24) is 4.90 Å². The van der Waals surface area contributed by atoms with Crippen molar-refractivity contribution >= 4 is 18.8 Å². The molecule has 1 saturated heterocycles. The molecule has 2 aromatic carbocycles. The van der Waals surface area contributed by atoms with Gasteiger partial charge in [-0.3, -0.25) is 0 Å². The number of nitrogens with zero attached hydrogens (tertiary/aromatic N) is 1. The SMILES string of the molecule is C=CC[C@@]1(c2ccccc2)CCN([C@@H](C)c2ccc([B]C)cc2)C(=O)O1. The minimum Gasteiger partial charge on any atom is -0.437 e. The van der Waals surface area contributed by atoms with Crippen LogP contribution in [0.25, 0.3) is 0 Å². The molecule has 0 spiro atoms. The average molecular weight is 346 g/mol. The summed E-state index contributed by atoms with van der Waals surface area (Å²) in [6.45, 7) is 8.59. The average Bonchev–Trinajstić information content (AvgIpc) is 2.68. The number of hydrogen-bond donors (Lipinski definition) is 0. The van der Waals surface area contributed by atoms with Gasteiger partial charge in [0.25, 0.3) is 0 Å². The Morgan fingerprint density at radius 2 is 1.92 bits per heavy atom. The Hall–Kier alpha value is -2.49. The van der Waals surface area contributed by atoms with Crippen LogP contribution in [0.1, 0.15) is 36.9 Å². The fourth-order valence-electron chi connectivity index (χ4n) is 3.61. The van der Waals surface area contributed by atoms with Crippen LogP contribution in [0.4, 0.5) is 4.79 Å². The highest BCUT2D eigenvalue weighted by Gasteiger charge is 2.42. The predicted octanol–water partition coefficient (Wildman–Crippen LogP) is 4.44. The molecule has 0 N–H and O–H groups in total. The molecule has 1 radical (unpaired) electrons. The lowest BCUT2D eigenvalue weighted by Gasteiger charge is -2.43. The van der Waals surface area contributed by atoms with E-state index in [0.717, 1.165) is 17.5 Å². The Morgan fingerprint density at radius 3 is 2.50 bits per heavy atom. The quantitative estimate of drug-likeness (QED) is 0.572. The predicted molar refractivity (Wildman–Crippen MR) is 107 cm³/mol. The molecule has 1 aliphatic rings. The molecule has 3 nitrogen and oxygen atoms in total. The summed E-state index contributed by atoms with van der Waals surface area (Å²) in [6, 6.07) is 18.3. The molecular weight excluding hydrogens is 321 g/mol. The molecule has 3 rings (SSSR count). The number of ether oxygens (including phenoxy) is 1. The molecule has 1 heterocycles. The van der Waals surface area contributed by atoms with E-state index in [1.807, 2.05) is 48.1 Å². The summed E-state index contributed by atoms with van der Waals surface area (Å²) < 4.78 is 6.01. The topological polar surface area (TPSA) is 29.5 Å². The second-order valence-electron chi connectivity index (χ2n) is 6.80. The zero-order chi connectivity index (χ0) is 18.6. The van der Waals surface area contributed by atoms with E-state index in [2.05, 4.69) is 45.0 Å². The molecule has 0 aromatic heterocycles. The second kappa shape index (κ2) is 7.82. The first-order valence-corrected chi connectivity index (χ1v) is 9.15. The molecule has 0 bridgehead atoms. The third-order valence-electron chi connectivity index (χ3n) is 5.27. The number of carbonyl (C=O) groups is 1. The molecule has 26 heavy (non-hydrogen) atoms. The lowest BCUT2D eigenvalue weighted by atomic mass is 9.73. The van der Waals surface area contributed by atoms with Gasteiger partial charge in [-0.1, -0.05) is 73.0 Å². The van der Waals surface area contributed by atoms with Gasteiger partial charge in [0, 0.05) is 19.4 Å². The van der Waals surface area contributed by atoms with Crippen molar-refractivity contribution in [3.8, 4) is 0 Å². The first kappa shape index (κ1) is 18.3. The Bertz CT molecular complexity index is 759. The molecule has 2 atom stereocenters. The standard InChI is InChI=1S/C22H25BNO2/c1-4-14-22(19-8-6-5-7-9-19)15-16-24(21(25)26-22)17(2)18-10-12-20(23-3)13-11-18/h4-13,17H,1,14-16H2,2-3H3/t17-,22-/m0/s1. The fraction of sp³-hybridized carbons (Fsp3) is 0.318. The smallest absolute Gasteiger partial charge is 0.411 e. The van der Waals surface area contributed by atoms with Gasteiger partial charge < -0.3 is 9.64 Å². The number of carbonyl (C=O) groups excluding carboxylic acids is 1. The van der Waals surface area contributed by atoms with Crippen LogP contribution >= 0.6 is 0 Å². The highest BCUT2D eigenvalue weighted by Crippen LogP contribution is 2.39. The van der Waals surface area contributed by atoms with Gasteiger partial charge in [0.05, 0.1) is 6.04 Å². The highest BCUT2D eigenvalue weighted by atomic mass is 16.6. The summed E-state index contributed by atoms with van der Waals surface area (Å²) in [6.07, 6.45) is 2.94. The number of amides is 1. The van der Waals surface area contributed by atoms with Crippen LogP contribution < -0.4 is 5.46 Å². The molecule has 133 valence electrons. The monoisotopic (exact) mass is 346 g/mol. The van der Waals surface area contributed by atoms with Gasteiger partial charge in [-0.15, -0.1) is 6.58 Å². The van der Waals surface area contributed by atoms with E-state index in [0.29, 0.717) is 13.0 Å². The van der Waals surface area contributed by atoms with Crippen molar-refractivity contribution in [2.45, 2.75) is 38.2 Å². The summed E-state index contributed by atoms with van der Waals surface area (Å²) >= 11 is 0. The number of benzene rings is 2. The Kier molecular flexibility index (Phi) is 5.50. The van der Waals surface area contributed by atoms with Crippen LogP contribution in [-0.2, 0) is 10.3 Å². The van der Waals surface area contributed by atoms with Gasteiger partial charge in [0.2, 0.25) is 0 Å². The van der Waals surface area contributed by atoms with Crippen molar-refractivity contribution in [3.05, 3.63) is 78.4 Å². The van der Waals surface area contributed by atoms with E-state index in [-0.39, 0.29) is 12.1 Å². The van der Waals surface area contributed by atoms with Crippen molar-refractivity contribution in [2.75, 3.05) is 6.54 Å². The first-order valence-electron chi connectivity index (χ1n) is 9.15. The van der Waals surface area contributed by atoms with Crippen molar-refractivity contribution < 1.29 is 9.53 Å². The third kappa shape index (κ3) is 3.55. The first-order chi connectivity index (χ1) is 12.6. The van der Waals surface area contributed by atoms with Crippen LogP contribution in [-0.4, -0.2) is 24.8 Å². The maximum Gasteiger partial charge on any atom is 0.411 e. The van der Waals surface area contributed by atoms with Gasteiger partial charge in [0.1, 0.15) is 12.9 Å². The molecule has 4 heteroatoms. The summed E-state index contributed by atoms with van der Waals surface area (Å²) in [5, 5.41) is 0. The third-order valence-corrected chi connectivity index (χ3v) is 5.27. The van der Waals surface area contributed by atoms with Crippen LogP contribution in [0.3, 0.4) is 0 Å². The summed E-state index contributed by atoms with van der Waals surface area (Å²) in [4.78, 5) is 14.7. The van der Waals surface area contributed by atoms with Gasteiger partial charge in [-0.2, -0.15) is 0 Å². The number of cyclic esters (lactones) is 1. The van der Waals surface area contributed by atoms with Crippen molar-refractivity contribution in [2.24, 2.45) is 0 Å². The van der Waals surface area contributed by atoms with E-state index in [1.54, 1.807) is 0 Å². The van der Waals surface area contributed by atoms with Crippen LogP contribution in [0.2, 0.25) is 6.82 Å². The largest absolute Gasteiger partial charge is 0.437 e. The van der Waals surface area contributed by atoms with E-state index in [9.17, 15) is 4.79 Å². The van der Waals surface area contributed by atoms with Crippen LogP contribution in [0.5, 0.6) is 0 Å².